The molecule has 1 heterocycles. The van der Waals surface area contributed by atoms with E-state index in [0.29, 0.717) is 0 Å². The summed E-state index contributed by atoms with van der Waals surface area (Å²) in [4.78, 5) is 4.58. The molecule has 0 unspecified atom stereocenters. The molecule has 0 radical (unpaired) electrons. The summed E-state index contributed by atoms with van der Waals surface area (Å²) in [6.07, 6.45) is 0.750. The Bertz CT molecular complexity index is 768. The average Bonchev–Trinajstić information content (AvgIpc) is 2.93. The highest BCUT2D eigenvalue weighted by Crippen LogP contribution is 2.27. The number of nitrogens with zero attached hydrogens (tertiary/aromatic N) is 1. The molecule has 3 rings (SSSR count). The van der Waals surface area contributed by atoms with E-state index in [-0.39, 0.29) is 5.02 Å². The molecule has 21 heavy (non-hydrogen) atoms. The van der Waals surface area contributed by atoms with Crippen molar-refractivity contribution in [2.24, 2.45) is 0 Å². The van der Waals surface area contributed by atoms with E-state index in [2.05, 4.69) is 4.98 Å². The number of benzene rings is 2. The molecule has 2 nitrogen and oxygen atoms in total. The van der Waals surface area contributed by atoms with Gasteiger partial charge in [-0.2, -0.15) is 0 Å². The smallest absolute Gasteiger partial charge is 0.141 e. The van der Waals surface area contributed by atoms with Crippen molar-refractivity contribution in [3.63, 3.8) is 0 Å². The van der Waals surface area contributed by atoms with Gasteiger partial charge in [0.25, 0.3) is 0 Å². The van der Waals surface area contributed by atoms with Gasteiger partial charge in [-0.1, -0.05) is 23.7 Å². The van der Waals surface area contributed by atoms with E-state index in [1.165, 1.54) is 6.07 Å². The fraction of sp³-hybridized carbons (Fsp3) is 0.0625. The number of anilines is 1. The summed E-state index contributed by atoms with van der Waals surface area (Å²) < 4.78 is 13.2. The highest BCUT2D eigenvalue weighted by atomic mass is 35.5. The maximum Gasteiger partial charge on any atom is 0.141 e. The molecule has 106 valence electrons. The van der Waals surface area contributed by atoms with Crippen LogP contribution in [0.2, 0.25) is 5.02 Å². The van der Waals surface area contributed by atoms with Crippen molar-refractivity contribution in [1.82, 2.24) is 4.98 Å². The first-order chi connectivity index (χ1) is 10.1. The standard InChI is InChI=1S/C16H12ClFN2S/c17-13-8-11(3-6-14(13)18)15-9-21-16(20-15)7-10-1-4-12(19)5-2-10/h1-6,8-9H,7,19H2. The van der Waals surface area contributed by atoms with Crippen molar-refractivity contribution in [3.8, 4) is 11.3 Å². The van der Waals surface area contributed by atoms with Crippen LogP contribution in [0.25, 0.3) is 11.3 Å². The summed E-state index contributed by atoms with van der Waals surface area (Å²) in [5.74, 6) is -0.419. The van der Waals surface area contributed by atoms with Crippen molar-refractivity contribution in [1.29, 1.82) is 0 Å². The normalized spacial score (nSPS) is 10.8. The van der Waals surface area contributed by atoms with Crippen molar-refractivity contribution >= 4 is 28.6 Å². The molecular formula is C16H12ClFN2S. The lowest BCUT2D eigenvalue weighted by Crippen LogP contribution is -1.89. The van der Waals surface area contributed by atoms with E-state index in [1.807, 2.05) is 29.6 Å². The molecule has 0 aliphatic carbocycles. The Balaban J connectivity index is 1.82. The summed E-state index contributed by atoms with van der Waals surface area (Å²) in [7, 11) is 0. The SMILES string of the molecule is Nc1ccc(Cc2nc(-c3ccc(F)c(Cl)c3)cs2)cc1. The fourth-order valence-electron chi connectivity index (χ4n) is 1.99. The van der Waals surface area contributed by atoms with Crippen LogP contribution in [0.15, 0.2) is 47.8 Å². The van der Waals surface area contributed by atoms with E-state index in [1.54, 1.807) is 23.5 Å². The van der Waals surface area contributed by atoms with Crippen LogP contribution < -0.4 is 5.73 Å². The predicted molar refractivity (Wildman–Crippen MR) is 86.2 cm³/mol. The minimum atomic E-state index is -0.419. The van der Waals surface area contributed by atoms with Gasteiger partial charge in [0.2, 0.25) is 0 Å². The largest absolute Gasteiger partial charge is 0.399 e. The van der Waals surface area contributed by atoms with Gasteiger partial charge in [-0.05, 0) is 35.9 Å². The number of hydrogen-bond acceptors (Lipinski definition) is 3. The third-order valence-corrected chi connectivity index (χ3v) is 4.24. The zero-order valence-corrected chi connectivity index (χ0v) is 12.6. The van der Waals surface area contributed by atoms with Gasteiger partial charge in [0.05, 0.1) is 15.7 Å². The summed E-state index contributed by atoms with van der Waals surface area (Å²) in [5.41, 5.74) is 9.21. The van der Waals surface area contributed by atoms with Crippen molar-refractivity contribution < 1.29 is 4.39 Å². The Hall–Kier alpha value is -1.91. The molecule has 2 aromatic carbocycles. The summed E-state index contributed by atoms with van der Waals surface area (Å²) in [5, 5.41) is 3.06. The van der Waals surface area contributed by atoms with E-state index in [0.717, 1.165) is 33.9 Å². The molecule has 0 aliphatic rings. The van der Waals surface area contributed by atoms with E-state index >= 15 is 0 Å². The van der Waals surface area contributed by atoms with Crippen molar-refractivity contribution in [2.45, 2.75) is 6.42 Å². The molecule has 0 bridgehead atoms. The van der Waals surface area contributed by atoms with Gasteiger partial charge in [-0.15, -0.1) is 11.3 Å². The quantitative estimate of drug-likeness (QED) is 0.706. The first-order valence-electron chi connectivity index (χ1n) is 6.36. The zero-order valence-electron chi connectivity index (χ0n) is 11.0. The van der Waals surface area contributed by atoms with Crippen LogP contribution in [0.4, 0.5) is 10.1 Å². The third kappa shape index (κ3) is 3.23. The lowest BCUT2D eigenvalue weighted by molar-refractivity contribution is 0.628. The van der Waals surface area contributed by atoms with Gasteiger partial charge in [0, 0.05) is 23.1 Å². The van der Waals surface area contributed by atoms with Gasteiger partial charge in [0.15, 0.2) is 0 Å². The van der Waals surface area contributed by atoms with Gasteiger partial charge in [0.1, 0.15) is 5.82 Å². The Morgan fingerprint density at radius 2 is 1.90 bits per heavy atom. The Kier molecular flexibility index (Phi) is 3.90. The van der Waals surface area contributed by atoms with Gasteiger partial charge < -0.3 is 5.73 Å². The van der Waals surface area contributed by atoms with Crippen LogP contribution in [0.5, 0.6) is 0 Å². The van der Waals surface area contributed by atoms with E-state index < -0.39 is 5.82 Å². The van der Waals surface area contributed by atoms with E-state index in [9.17, 15) is 4.39 Å². The Morgan fingerprint density at radius 3 is 2.62 bits per heavy atom. The minimum absolute atomic E-state index is 0.112. The molecule has 0 spiro atoms. The van der Waals surface area contributed by atoms with Crippen molar-refractivity contribution in [2.75, 3.05) is 5.73 Å². The maximum absolute atomic E-state index is 13.2. The molecule has 0 saturated heterocycles. The second kappa shape index (κ2) is 5.84. The molecular weight excluding hydrogens is 307 g/mol. The molecule has 0 atom stereocenters. The Morgan fingerprint density at radius 1 is 1.14 bits per heavy atom. The van der Waals surface area contributed by atoms with Gasteiger partial charge >= 0.3 is 0 Å². The molecule has 0 fully saturated rings. The molecule has 1 aromatic heterocycles. The average molecular weight is 319 g/mol. The molecule has 5 heteroatoms. The first kappa shape index (κ1) is 14.0. The molecule has 0 amide bonds. The molecule has 0 aliphatic heterocycles. The number of nitrogens with two attached hydrogens (primary N) is 1. The second-order valence-corrected chi connectivity index (χ2v) is 6.02. The van der Waals surface area contributed by atoms with Crippen LogP contribution in [0.1, 0.15) is 10.6 Å². The number of thiazole rings is 1. The van der Waals surface area contributed by atoms with Crippen molar-refractivity contribution in [3.05, 3.63) is 69.3 Å². The highest BCUT2D eigenvalue weighted by molar-refractivity contribution is 7.10. The predicted octanol–water partition coefficient (Wildman–Crippen LogP) is 4.78. The third-order valence-electron chi connectivity index (χ3n) is 3.10. The van der Waals surface area contributed by atoms with E-state index in [4.69, 9.17) is 17.3 Å². The minimum Gasteiger partial charge on any atom is -0.399 e. The molecule has 0 saturated carbocycles. The topological polar surface area (TPSA) is 38.9 Å². The summed E-state index contributed by atoms with van der Waals surface area (Å²) >= 11 is 7.38. The lowest BCUT2D eigenvalue weighted by atomic mass is 10.1. The zero-order chi connectivity index (χ0) is 14.8. The number of nitrogen functional groups attached to an aromatic ring is 1. The summed E-state index contributed by atoms with van der Waals surface area (Å²) in [6.45, 7) is 0. The summed E-state index contributed by atoms with van der Waals surface area (Å²) in [6, 6.07) is 12.4. The monoisotopic (exact) mass is 318 g/mol. The number of halogens is 2. The fourth-order valence-corrected chi connectivity index (χ4v) is 3.01. The number of hydrogen-bond donors (Lipinski definition) is 1. The number of rotatable bonds is 3. The molecule has 3 aromatic rings. The first-order valence-corrected chi connectivity index (χ1v) is 7.62. The van der Waals surface area contributed by atoms with Crippen LogP contribution >= 0.6 is 22.9 Å². The number of aromatic nitrogens is 1. The van der Waals surface area contributed by atoms with Gasteiger partial charge in [-0.3, -0.25) is 0 Å². The lowest BCUT2D eigenvalue weighted by Gasteiger charge is -2.00. The van der Waals surface area contributed by atoms with Crippen LogP contribution in [0, 0.1) is 5.82 Å². The van der Waals surface area contributed by atoms with Crippen LogP contribution in [-0.2, 0) is 6.42 Å². The van der Waals surface area contributed by atoms with Gasteiger partial charge in [-0.25, -0.2) is 9.37 Å². The molecule has 2 N–H and O–H groups in total. The van der Waals surface area contributed by atoms with Crippen LogP contribution in [0.3, 0.4) is 0 Å². The highest BCUT2D eigenvalue weighted by Gasteiger charge is 2.08. The van der Waals surface area contributed by atoms with Crippen LogP contribution in [-0.4, -0.2) is 4.98 Å². The Labute approximate surface area is 131 Å². The maximum atomic E-state index is 13.2. The second-order valence-electron chi connectivity index (χ2n) is 4.67.